The Morgan fingerprint density at radius 2 is 2.08 bits per heavy atom. The third-order valence-corrected chi connectivity index (χ3v) is 4.69. The number of carbonyl (C=O) groups is 2. The molecule has 1 heterocycles. The highest BCUT2D eigenvalue weighted by Gasteiger charge is 2.22. The van der Waals surface area contributed by atoms with Gasteiger partial charge in [-0.05, 0) is 31.1 Å². The number of hydrogen-bond acceptors (Lipinski definition) is 5. The molecule has 1 aromatic rings. The Balaban J connectivity index is 2.64. The van der Waals surface area contributed by atoms with E-state index in [9.17, 15) is 9.59 Å². The maximum atomic E-state index is 12.7. The number of methoxy groups -OCH3 is 1. The van der Waals surface area contributed by atoms with Gasteiger partial charge in [-0.1, -0.05) is 27.7 Å². The van der Waals surface area contributed by atoms with Crippen molar-refractivity contribution in [1.82, 2.24) is 9.88 Å². The molecule has 0 aliphatic rings. The number of aryl methyl sites for hydroxylation is 1. The Hall–Kier alpha value is -1.47. The molecule has 0 unspecified atom stereocenters. The number of amides is 2. The first-order valence-corrected chi connectivity index (χ1v) is 9.97. The Morgan fingerprint density at radius 3 is 2.62 bits per heavy atom. The predicted molar refractivity (Wildman–Crippen MR) is 106 cm³/mol. The van der Waals surface area contributed by atoms with E-state index in [1.165, 1.54) is 11.3 Å². The SMILES string of the molecule is COCCCN(CC(=O)Nc1nc(C)cs1)C(=O)C[C@@H](C)CC(C)(C)C. The summed E-state index contributed by atoms with van der Waals surface area (Å²) in [6.45, 7) is 11.6. The summed E-state index contributed by atoms with van der Waals surface area (Å²) in [5.74, 6) is 0.0778. The zero-order valence-corrected chi connectivity index (χ0v) is 17.7. The summed E-state index contributed by atoms with van der Waals surface area (Å²) in [5.41, 5.74) is 1.05. The molecular weight excluding hydrogens is 350 g/mol. The number of rotatable bonds is 10. The number of nitrogens with zero attached hydrogens (tertiary/aromatic N) is 2. The third-order valence-electron chi connectivity index (χ3n) is 3.81. The predicted octanol–water partition coefficient (Wildman–Crippen LogP) is 3.72. The molecule has 6 nitrogen and oxygen atoms in total. The Kier molecular flexibility index (Phi) is 9.22. The van der Waals surface area contributed by atoms with Gasteiger partial charge in [0.2, 0.25) is 11.8 Å². The van der Waals surface area contributed by atoms with Crippen molar-refractivity contribution in [3.05, 3.63) is 11.1 Å². The van der Waals surface area contributed by atoms with Crippen LogP contribution < -0.4 is 5.32 Å². The van der Waals surface area contributed by atoms with E-state index in [0.29, 0.717) is 31.1 Å². The van der Waals surface area contributed by atoms with E-state index >= 15 is 0 Å². The van der Waals surface area contributed by atoms with Gasteiger partial charge in [-0.25, -0.2) is 4.98 Å². The second-order valence-electron chi connectivity index (χ2n) is 8.08. The number of ether oxygens (including phenoxy) is 1. The Labute approximate surface area is 161 Å². The molecule has 0 fully saturated rings. The van der Waals surface area contributed by atoms with Crippen LogP contribution in [0.4, 0.5) is 5.13 Å². The minimum atomic E-state index is -0.214. The van der Waals surface area contributed by atoms with E-state index in [1.54, 1.807) is 12.0 Å². The van der Waals surface area contributed by atoms with Crippen molar-refractivity contribution in [2.75, 3.05) is 32.1 Å². The van der Waals surface area contributed by atoms with Crippen molar-refractivity contribution < 1.29 is 14.3 Å². The first kappa shape index (κ1) is 22.6. The van der Waals surface area contributed by atoms with Crippen LogP contribution in [0.1, 0.15) is 52.7 Å². The van der Waals surface area contributed by atoms with Crippen molar-refractivity contribution in [2.45, 2.75) is 53.9 Å². The molecule has 0 bridgehead atoms. The monoisotopic (exact) mass is 383 g/mol. The Morgan fingerprint density at radius 1 is 1.38 bits per heavy atom. The standard InChI is InChI=1S/C19H33N3O3S/c1-14(11-19(3,4)5)10-17(24)22(8-7-9-25-6)12-16(23)21-18-20-15(2)13-26-18/h13-14H,7-12H2,1-6H3,(H,20,21,23)/t14-/m1/s1. The molecule has 1 N–H and O–H groups in total. The van der Waals surface area contributed by atoms with Gasteiger partial charge < -0.3 is 15.0 Å². The maximum Gasteiger partial charge on any atom is 0.245 e. The summed E-state index contributed by atoms with van der Waals surface area (Å²) >= 11 is 1.39. The molecule has 0 aliphatic heterocycles. The molecule has 2 amide bonds. The van der Waals surface area contributed by atoms with Crippen LogP contribution in [-0.2, 0) is 14.3 Å². The highest BCUT2D eigenvalue weighted by atomic mass is 32.1. The topological polar surface area (TPSA) is 71.5 Å². The van der Waals surface area contributed by atoms with Crippen LogP contribution in [0.5, 0.6) is 0 Å². The van der Waals surface area contributed by atoms with Crippen LogP contribution in [-0.4, -0.2) is 48.5 Å². The fourth-order valence-electron chi connectivity index (χ4n) is 2.98. The number of thiazole rings is 1. The van der Waals surface area contributed by atoms with Crippen molar-refractivity contribution in [3.8, 4) is 0 Å². The quantitative estimate of drug-likeness (QED) is 0.625. The van der Waals surface area contributed by atoms with E-state index in [2.05, 4.69) is 38.0 Å². The molecule has 0 aromatic carbocycles. The highest BCUT2D eigenvalue weighted by Crippen LogP contribution is 2.26. The molecule has 148 valence electrons. The van der Waals surface area contributed by atoms with Crippen LogP contribution in [0.25, 0.3) is 0 Å². The van der Waals surface area contributed by atoms with Crippen molar-refractivity contribution in [3.63, 3.8) is 0 Å². The summed E-state index contributed by atoms with van der Waals surface area (Å²) in [6, 6.07) is 0. The summed E-state index contributed by atoms with van der Waals surface area (Å²) in [7, 11) is 1.63. The van der Waals surface area contributed by atoms with Gasteiger partial charge in [0, 0.05) is 32.1 Å². The van der Waals surface area contributed by atoms with Gasteiger partial charge in [-0.15, -0.1) is 11.3 Å². The van der Waals surface area contributed by atoms with Gasteiger partial charge in [0.25, 0.3) is 0 Å². The van der Waals surface area contributed by atoms with Crippen molar-refractivity contribution in [1.29, 1.82) is 0 Å². The minimum absolute atomic E-state index is 0.0170. The summed E-state index contributed by atoms with van der Waals surface area (Å²) in [4.78, 5) is 30.9. The average Bonchev–Trinajstić information content (AvgIpc) is 2.89. The molecular formula is C19H33N3O3S. The van der Waals surface area contributed by atoms with E-state index in [1.807, 2.05) is 12.3 Å². The van der Waals surface area contributed by atoms with Gasteiger partial charge in [0.05, 0.1) is 12.2 Å². The minimum Gasteiger partial charge on any atom is -0.385 e. The zero-order valence-electron chi connectivity index (χ0n) is 16.9. The number of anilines is 1. The molecule has 0 radical (unpaired) electrons. The molecule has 0 aliphatic carbocycles. The van der Waals surface area contributed by atoms with Crippen LogP contribution in [0.3, 0.4) is 0 Å². The lowest BCUT2D eigenvalue weighted by Gasteiger charge is -2.26. The summed E-state index contributed by atoms with van der Waals surface area (Å²) in [6.07, 6.45) is 2.13. The number of aromatic nitrogens is 1. The van der Waals surface area contributed by atoms with Crippen LogP contribution in [0, 0.1) is 18.3 Å². The lowest BCUT2D eigenvalue weighted by atomic mass is 9.84. The van der Waals surface area contributed by atoms with Gasteiger partial charge in [0.15, 0.2) is 5.13 Å². The average molecular weight is 384 g/mol. The second-order valence-corrected chi connectivity index (χ2v) is 8.94. The maximum absolute atomic E-state index is 12.7. The molecule has 7 heteroatoms. The molecule has 0 spiro atoms. The molecule has 1 atom stereocenters. The van der Waals surface area contributed by atoms with Crippen LogP contribution in [0.2, 0.25) is 0 Å². The van der Waals surface area contributed by atoms with E-state index in [-0.39, 0.29) is 29.7 Å². The van der Waals surface area contributed by atoms with E-state index in [4.69, 9.17) is 4.74 Å². The summed E-state index contributed by atoms with van der Waals surface area (Å²) < 4.78 is 5.08. The molecule has 1 rings (SSSR count). The molecule has 1 aromatic heterocycles. The second kappa shape index (κ2) is 10.6. The first-order chi connectivity index (χ1) is 12.1. The fourth-order valence-corrected chi connectivity index (χ4v) is 3.68. The lowest BCUT2D eigenvalue weighted by Crippen LogP contribution is -2.39. The van der Waals surface area contributed by atoms with Crippen molar-refractivity contribution in [2.24, 2.45) is 11.3 Å². The number of carbonyl (C=O) groups excluding carboxylic acids is 2. The number of hydrogen-bond donors (Lipinski definition) is 1. The van der Waals surface area contributed by atoms with Crippen LogP contribution in [0.15, 0.2) is 5.38 Å². The van der Waals surface area contributed by atoms with Gasteiger partial charge in [-0.2, -0.15) is 0 Å². The van der Waals surface area contributed by atoms with Crippen molar-refractivity contribution >= 4 is 28.3 Å². The van der Waals surface area contributed by atoms with Crippen LogP contribution >= 0.6 is 11.3 Å². The van der Waals surface area contributed by atoms with Gasteiger partial charge in [-0.3, -0.25) is 9.59 Å². The first-order valence-electron chi connectivity index (χ1n) is 9.09. The normalized spacial score (nSPS) is 12.7. The smallest absolute Gasteiger partial charge is 0.245 e. The zero-order chi connectivity index (χ0) is 19.7. The highest BCUT2D eigenvalue weighted by molar-refractivity contribution is 7.13. The van der Waals surface area contributed by atoms with E-state index < -0.39 is 0 Å². The fraction of sp³-hybridized carbons (Fsp3) is 0.737. The Bertz CT molecular complexity index is 581. The third kappa shape index (κ3) is 9.29. The van der Waals surface area contributed by atoms with Gasteiger partial charge in [0.1, 0.15) is 0 Å². The lowest BCUT2D eigenvalue weighted by molar-refractivity contribution is -0.135. The number of nitrogens with one attached hydrogen (secondary N) is 1. The summed E-state index contributed by atoms with van der Waals surface area (Å²) in [5, 5.41) is 5.22. The molecule has 0 saturated carbocycles. The molecule has 0 saturated heterocycles. The molecule has 26 heavy (non-hydrogen) atoms. The largest absolute Gasteiger partial charge is 0.385 e. The van der Waals surface area contributed by atoms with Gasteiger partial charge >= 0.3 is 0 Å². The van der Waals surface area contributed by atoms with E-state index in [0.717, 1.165) is 12.1 Å².